The van der Waals surface area contributed by atoms with Crippen LogP contribution in [0.5, 0.6) is 0 Å². The van der Waals surface area contributed by atoms with Crippen LogP contribution >= 0.6 is 7.82 Å². The zero-order valence-corrected chi connectivity index (χ0v) is 21.0. The van der Waals surface area contributed by atoms with E-state index < -0.39 is 42.7 Å². The molecule has 0 saturated heterocycles. The Labute approximate surface area is 203 Å². The molecule has 7 atom stereocenters. The minimum atomic E-state index is -4.84. The van der Waals surface area contributed by atoms with Crippen molar-refractivity contribution in [1.82, 2.24) is 0 Å². The Kier molecular flexibility index (Phi) is 6.79. The van der Waals surface area contributed by atoms with Crippen molar-refractivity contribution in [2.75, 3.05) is 6.61 Å². The number of allylic oxidation sites excluding steroid dienone is 4. The molecular weight excluding hydrogens is 434 g/mol. The van der Waals surface area contributed by atoms with Crippen molar-refractivity contribution in [2.24, 2.45) is 28.6 Å². The number of Topliss-reactive ketones (excluding diaryl/α,β-unsaturated/α-hetero) is 1. The summed E-state index contributed by atoms with van der Waals surface area (Å²) in [5, 5.41) is 22.6. The minimum absolute atomic E-state index is 0. The maximum absolute atomic E-state index is 12.8. The molecule has 166 valence electrons. The summed E-state index contributed by atoms with van der Waals surface area (Å²) in [6.07, 6.45) is 6.76. The second-order valence-corrected chi connectivity index (χ2v) is 11.0. The molecule has 0 heterocycles. The van der Waals surface area contributed by atoms with E-state index >= 15 is 0 Å². The third-order valence-corrected chi connectivity index (χ3v) is 8.94. The first-order chi connectivity index (χ1) is 13.8. The molecule has 0 aromatic carbocycles. The average Bonchev–Trinajstić information content (AvgIpc) is 2.91. The summed E-state index contributed by atoms with van der Waals surface area (Å²) in [5.41, 5.74) is -2.15. The number of carbonyl (C=O) groups is 2. The average molecular weight is 463 g/mol. The van der Waals surface area contributed by atoms with Crippen molar-refractivity contribution >= 4 is 19.4 Å². The molecule has 0 radical (unpaired) electrons. The van der Waals surface area contributed by atoms with Gasteiger partial charge in [0.15, 0.2) is 11.6 Å². The van der Waals surface area contributed by atoms with E-state index in [1.165, 1.54) is 0 Å². The molecule has 0 bridgehead atoms. The summed E-state index contributed by atoms with van der Waals surface area (Å²) in [4.78, 5) is 42.5. The van der Waals surface area contributed by atoms with Crippen molar-refractivity contribution in [1.29, 1.82) is 0 Å². The fourth-order valence-corrected chi connectivity index (χ4v) is 7.34. The maximum Gasteiger partial charge on any atom is 1.00 e. The number of phosphoric ester groups is 1. The van der Waals surface area contributed by atoms with Crippen molar-refractivity contribution < 1.29 is 68.2 Å². The number of rotatable bonds is 4. The van der Waals surface area contributed by atoms with Crippen molar-refractivity contribution in [2.45, 2.75) is 57.7 Å². The van der Waals surface area contributed by atoms with Gasteiger partial charge >= 0.3 is 37.4 Å². The van der Waals surface area contributed by atoms with Gasteiger partial charge in [0.25, 0.3) is 0 Å². The van der Waals surface area contributed by atoms with Gasteiger partial charge in [-0.3, -0.25) is 14.1 Å². The molecule has 4 N–H and O–H groups in total. The number of hydrogen-bond donors (Lipinski definition) is 4. The number of fused-ring (bicyclic) bond motifs is 5. The Balaban J connectivity index is 0.00000272. The predicted molar refractivity (Wildman–Crippen MR) is 106 cm³/mol. The van der Waals surface area contributed by atoms with Gasteiger partial charge in [-0.25, -0.2) is 4.57 Å². The van der Waals surface area contributed by atoms with E-state index in [2.05, 4.69) is 4.52 Å². The largest absolute Gasteiger partial charge is 1.00 e. The molecule has 8 nitrogen and oxygen atoms in total. The Bertz CT molecular complexity index is 896. The molecule has 10 heteroatoms. The van der Waals surface area contributed by atoms with Crippen LogP contribution in [-0.2, 0) is 18.7 Å². The van der Waals surface area contributed by atoms with Crippen LogP contribution in [0, 0.1) is 28.6 Å². The standard InChI is InChI=1S/C21H29O8P.Na/c1-19-7-5-13(22)9-12(19)3-4-14-15-6-8-21(25,17(24)11-29-30(26,27)28)20(15,2)10-16(23)18(14)19;/h5,7,9,14-16,18,23,25H,3-4,6,8,10-11H2,1-2H3,(H2,26,27,28);/q;+1/t14-,15-,16-,18+,19-,20-,21-;/m0./s1. The Morgan fingerprint density at radius 2 is 1.97 bits per heavy atom. The molecule has 3 saturated carbocycles. The maximum atomic E-state index is 12.8. The molecule has 4 aliphatic rings. The molecule has 0 aromatic heterocycles. The molecule has 4 aliphatic carbocycles. The van der Waals surface area contributed by atoms with Crippen LogP contribution in [0.15, 0.2) is 23.8 Å². The molecule has 0 aromatic rings. The van der Waals surface area contributed by atoms with Gasteiger partial charge in [0.2, 0.25) is 0 Å². The van der Waals surface area contributed by atoms with E-state index in [-0.39, 0.29) is 65.9 Å². The van der Waals surface area contributed by atoms with Gasteiger partial charge in [-0.15, -0.1) is 0 Å². The summed E-state index contributed by atoms with van der Waals surface area (Å²) in [6, 6.07) is 0. The first-order valence-corrected chi connectivity index (χ1v) is 11.9. The molecule has 4 rings (SSSR count). The zero-order valence-electron chi connectivity index (χ0n) is 18.2. The first kappa shape index (κ1) is 25.5. The molecule has 0 amide bonds. The van der Waals surface area contributed by atoms with Gasteiger partial charge in [-0.2, -0.15) is 0 Å². The van der Waals surface area contributed by atoms with Crippen LogP contribution in [-0.4, -0.2) is 49.9 Å². The second-order valence-electron chi connectivity index (χ2n) is 9.80. The van der Waals surface area contributed by atoms with Crippen molar-refractivity contribution in [3.8, 4) is 0 Å². The summed E-state index contributed by atoms with van der Waals surface area (Å²) >= 11 is 0. The van der Waals surface area contributed by atoms with Crippen LogP contribution in [0.3, 0.4) is 0 Å². The molecule has 31 heavy (non-hydrogen) atoms. The van der Waals surface area contributed by atoms with E-state index in [9.17, 15) is 24.4 Å². The van der Waals surface area contributed by atoms with Gasteiger partial charge in [0.05, 0.1) is 6.10 Å². The number of hydrogen-bond acceptors (Lipinski definition) is 6. The van der Waals surface area contributed by atoms with Crippen LogP contribution in [0.1, 0.15) is 46.0 Å². The minimum Gasteiger partial charge on any atom is -0.393 e. The quantitative estimate of drug-likeness (QED) is 0.297. The first-order valence-electron chi connectivity index (χ1n) is 10.4. The van der Waals surface area contributed by atoms with Crippen LogP contribution in [0.2, 0.25) is 0 Å². The number of carbonyl (C=O) groups excluding carboxylic acids is 2. The Morgan fingerprint density at radius 3 is 2.61 bits per heavy atom. The smallest absolute Gasteiger partial charge is 0.393 e. The predicted octanol–water partition coefficient (Wildman–Crippen LogP) is -1.32. The second kappa shape index (κ2) is 8.26. The number of ketones is 2. The molecule has 0 aliphatic heterocycles. The summed E-state index contributed by atoms with van der Waals surface area (Å²) < 4.78 is 15.4. The summed E-state index contributed by atoms with van der Waals surface area (Å²) in [6.45, 7) is 2.97. The van der Waals surface area contributed by atoms with E-state index in [4.69, 9.17) is 9.79 Å². The van der Waals surface area contributed by atoms with Gasteiger partial charge in [-0.05, 0) is 56.1 Å². The van der Waals surface area contributed by atoms with Crippen LogP contribution < -0.4 is 29.6 Å². The van der Waals surface area contributed by atoms with Crippen molar-refractivity contribution in [3.05, 3.63) is 23.8 Å². The van der Waals surface area contributed by atoms with Crippen LogP contribution in [0.25, 0.3) is 0 Å². The number of aliphatic hydroxyl groups excluding tert-OH is 1. The topological polar surface area (TPSA) is 141 Å². The van der Waals surface area contributed by atoms with E-state index in [1.54, 1.807) is 19.1 Å². The van der Waals surface area contributed by atoms with Gasteiger partial charge < -0.3 is 20.0 Å². The molecule has 3 fully saturated rings. The fraction of sp³-hybridized carbons (Fsp3) is 0.714. The Hall–Kier alpha value is -0.150. The zero-order chi connectivity index (χ0) is 22.1. The van der Waals surface area contributed by atoms with E-state index in [0.717, 1.165) is 18.4 Å². The van der Waals surface area contributed by atoms with Crippen molar-refractivity contribution in [3.63, 3.8) is 0 Å². The van der Waals surface area contributed by atoms with E-state index in [1.807, 2.05) is 13.0 Å². The van der Waals surface area contributed by atoms with Gasteiger partial charge in [0.1, 0.15) is 12.2 Å². The fourth-order valence-electron chi connectivity index (χ4n) is 7.05. The monoisotopic (exact) mass is 463 g/mol. The normalized spacial score (nSPS) is 43.9. The molecular formula is C21H29NaO8P+. The van der Waals surface area contributed by atoms with E-state index in [0.29, 0.717) is 6.42 Å². The third-order valence-electron chi connectivity index (χ3n) is 8.47. The van der Waals surface area contributed by atoms with Crippen LogP contribution in [0.4, 0.5) is 0 Å². The van der Waals surface area contributed by atoms with Gasteiger partial charge in [-0.1, -0.05) is 25.5 Å². The number of aliphatic hydroxyl groups is 2. The Morgan fingerprint density at radius 1 is 1.29 bits per heavy atom. The SMILES string of the molecule is C[C@]12C=CC(=O)C=C1CC[C@@H]1[C@@H]2[C@@H](O)C[C@@]2(C)[C@H]1CC[C@]2(O)C(=O)COP(=O)(O)O.[Na+]. The summed E-state index contributed by atoms with van der Waals surface area (Å²) in [5.74, 6) is -0.888. The molecule has 0 spiro atoms. The molecule has 0 unspecified atom stereocenters. The summed E-state index contributed by atoms with van der Waals surface area (Å²) in [7, 11) is -4.84. The van der Waals surface area contributed by atoms with Gasteiger partial charge in [0, 0.05) is 16.7 Å². The number of phosphoric acid groups is 1. The third kappa shape index (κ3) is 3.92.